The van der Waals surface area contributed by atoms with E-state index in [1.807, 2.05) is 20.1 Å². The highest BCUT2D eigenvalue weighted by Crippen LogP contribution is 2.40. The van der Waals surface area contributed by atoms with Crippen molar-refractivity contribution in [1.82, 2.24) is 39.2 Å². The number of nitrogens with zero attached hydrogens (tertiary/aromatic N) is 8. The first kappa shape index (κ1) is 67.2. The lowest BCUT2D eigenvalue weighted by Gasteiger charge is -2.35. The second-order valence-electron chi connectivity index (χ2n) is 25.3. The Kier molecular flexibility index (Phi) is 24.5. The van der Waals surface area contributed by atoms with E-state index in [2.05, 4.69) is 93.7 Å². The highest BCUT2D eigenvalue weighted by Gasteiger charge is 2.36. The van der Waals surface area contributed by atoms with Gasteiger partial charge < -0.3 is 24.4 Å². The normalized spacial score (nSPS) is 19.7. The molecule has 11 rings (SSSR count). The minimum atomic E-state index is -0.733. The van der Waals surface area contributed by atoms with E-state index < -0.39 is 23.6 Å². The van der Waals surface area contributed by atoms with Crippen LogP contribution in [0.25, 0.3) is 44.0 Å². The molecule has 6 atom stereocenters. The number of allylic oxidation sites excluding steroid dienone is 2. The van der Waals surface area contributed by atoms with Crippen LogP contribution in [0.2, 0.25) is 0 Å². The molecule has 4 aliphatic heterocycles. The number of benzene rings is 3. The number of piperidine rings is 2. The Morgan fingerprint density at radius 1 is 0.909 bits per heavy atom. The summed E-state index contributed by atoms with van der Waals surface area (Å²) in [6.45, 7) is 20.5. The molecule has 17 heteroatoms. The maximum Gasteiger partial charge on any atom is 0.329 e. The average Bonchev–Trinajstić information content (AvgIpc) is 1.18. The summed E-state index contributed by atoms with van der Waals surface area (Å²) in [5.74, 6) is 3.56. The third-order valence-electron chi connectivity index (χ3n) is 19.2. The molecule has 2 N–H and O–H groups in total. The number of hydrogen-bond acceptors (Lipinski definition) is 12. The topological polar surface area (TPSA) is 160 Å². The summed E-state index contributed by atoms with van der Waals surface area (Å²) in [5, 5.41) is 13.7. The first-order chi connectivity index (χ1) is 42.6. The number of terminal acetylenes is 1. The number of imidazole rings is 1. The molecule has 15 nitrogen and oxygen atoms in total. The molecular weight excluding hydrogens is 1110 g/mol. The molecular formula is C71H97F2N9O6. The number of methoxy groups -OCH3 is 2. The Hall–Kier alpha value is -6.74. The number of carbonyl (C=O) groups is 2. The lowest BCUT2D eigenvalue weighted by molar-refractivity contribution is -0.128. The van der Waals surface area contributed by atoms with Crippen molar-refractivity contribution in [3.63, 3.8) is 0 Å². The number of aromatic hydroxyl groups is 1. The number of hydrogen-bond donors (Lipinski definition) is 2. The number of aromatic nitrogens is 5. The number of fused-ring (bicyclic) bond motifs is 4. The van der Waals surface area contributed by atoms with Crippen molar-refractivity contribution in [1.29, 1.82) is 0 Å². The van der Waals surface area contributed by atoms with E-state index in [4.69, 9.17) is 15.9 Å². The zero-order valence-corrected chi connectivity index (χ0v) is 53.9. The van der Waals surface area contributed by atoms with Gasteiger partial charge in [-0.25, -0.2) is 13.6 Å². The highest BCUT2D eigenvalue weighted by atomic mass is 19.1. The predicted molar refractivity (Wildman–Crippen MR) is 350 cm³/mol. The van der Waals surface area contributed by atoms with Gasteiger partial charge in [0, 0.05) is 63.0 Å². The molecule has 7 heterocycles. The Bertz CT molecular complexity index is 3450. The second-order valence-corrected chi connectivity index (χ2v) is 25.3. The molecule has 5 aliphatic rings. The van der Waals surface area contributed by atoms with E-state index in [9.17, 15) is 23.9 Å². The minimum Gasteiger partial charge on any atom is -0.508 e. The number of anilines is 1. The molecule has 0 bridgehead atoms. The number of ether oxygens (including phenoxy) is 2. The molecule has 476 valence electrons. The van der Waals surface area contributed by atoms with Crippen LogP contribution in [-0.4, -0.2) is 123 Å². The SMILES string of the molecule is C#Cc1c(F)ccc2cc(O)cc(-c3ncc4c(N5CCCC(C)C5)nc(OC)nc4c3F)c12.CC=C1CCC1.CCCC(CCC(C)CC)CN1CCC(c2ccc3c(c2)n(C)c(=O)n3C(CCC)C(=O)NC=O)CC1.COCC1CCC2CCCN21. The van der Waals surface area contributed by atoms with Gasteiger partial charge in [0.2, 0.25) is 12.3 Å². The highest BCUT2D eigenvalue weighted by molar-refractivity contribution is 6.03. The monoisotopic (exact) mass is 1210 g/mol. The minimum absolute atomic E-state index is 0.0280. The largest absolute Gasteiger partial charge is 0.508 e. The van der Waals surface area contributed by atoms with Gasteiger partial charge in [-0.3, -0.25) is 33.9 Å². The molecule has 2 amide bonds. The third-order valence-corrected chi connectivity index (χ3v) is 19.2. The summed E-state index contributed by atoms with van der Waals surface area (Å²) >= 11 is 0. The van der Waals surface area contributed by atoms with Crippen molar-refractivity contribution in [2.24, 2.45) is 24.8 Å². The molecule has 3 aromatic heterocycles. The maximum absolute atomic E-state index is 16.0. The van der Waals surface area contributed by atoms with E-state index in [-0.39, 0.29) is 45.2 Å². The van der Waals surface area contributed by atoms with Gasteiger partial charge in [0.15, 0.2) is 5.82 Å². The van der Waals surface area contributed by atoms with Gasteiger partial charge in [0.05, 0.1) is 35.7 Å². The Morgan fingerprint density at radius 2 is 1.67 bits per heavy atom. The van der Waals surface area contributed by atoms with Crippen LogP contribution < -0.4 is 20.6 Å². The summed E-state index contributed by atoms with van der Waals surface area (Å²) in [5.41, 5.74) is 4.36. The number of phenolic OH excluding ortho intramolecular Hbond substituents is 1. The van der Waals surface area contributed by atoms with Crippen LogP contribution in [0.3, 0.4) is 0 Å². The van der Waals surface area contributed by atoms with Crippen LogP contribution in [0.1, 0.15) is 180 Å². The molecule has 6 unspecified atom stereocenters. The Balaban J connectivity index is 0.000000179. The maximum atomic E-state index is 16.0. The number of carbonyl (C=O) groups excluding carboxylic acids is 2. The van der Waals surface area contributed by atoms with Crippen molar-refractivity contribution in [3.8, 4) is 35.4 Å². The number of likely N-dealkylation sites (tertiary alicyclic amines) is 1. The van der Waals surface area contributed by atoms with E-state index in [1.165, 1.54) is 133 Å². The van der Waals surface area contributed by atoms with Gasteiger partial charge >= 0.3 is 11.7 Å². The molecule has 1 aliphatic carbocycles. The zero-order chi connectivity index (χ0) is 63.0. The van der Waals surface area contributed by atoms with E-state index >= 15 is 4.39 Å². The molecule has 0 spiro atoms. The summed E-state index contributed by atoms with van der Waals surface area (Å²) in [6.07, 6.45) is 31.6. The zero-order valence-electron chi connectivity index (χ0n) is 53.9. The van der Waals surface area contributed by atoms with Crippen molar-refractivity contribution in [3.05, 3.63) is 93.6 Å². The number of imide groups is 1. The van der Waals surface area contributed by atoms with Gasteiger partial charge in [-0.1, -0.05) is 90.0 Å². The van der Waals surface area contributed by atoms with Crippen LogP contribution in [-0.2, 0) is 21.4 Å². The summed E-state index contributed by atoms with van der Waals surface area (Å²) in [6, 6.07) is 12.7. The fourth-order valence-corrected chi connectivity index (χ4v) is 13.9. The van der Waals surface area contributed by atoms with Crippen molar-refractivity contribution in [2.75, 3.05) is 65.0 Å². The molecule has 4 saturated heterocycles. The molecule has 5 fully saturated rings. The van der Waals surface area contributed by atoms with Crippen molar-refractivity contribution < 1.29 is 33.0 Å². The van der Waals surface area contributed by atoms with Crippen LogP contribution >= 0.6 is 0 Å². The lowest BCUT2D eigenvalue weighted by Crippen LogP contribution is -2.37. The van der Waals surface area contributed by atoms with E-state index in [0.717, 1.165) is 99.8 Å². The Labute approximate surface area is 520 Å². The molecule has 6 aromatic rings. The third kappa shape index (κ3) is 16.0. The molecule has 1 saturated carbocycles. The molecule has 3 aromatic carbocycles. The van der Waals surface area contributed by atoms with Gasteiger partial charge in [0.25, 0.3) is 0 Å². The summed E-state index contributed by atoms with van der Waals surface area (Å²) < 4.78 is 44.2. The average molecular weight is 1210 g/mol. The standard InChI is InChI=1S/C30H48N4O3.C26H22F2N4O2.C9H17NO.C6H10/c1-6-9-23(12-11-22(4)8-3)20-33-17-15-24(16-18-33)25-13-14-26-28(19-25)32(5)30(37)34(26)27(10-7-2)29(36)31-21-35;1-4-17-20(27)8-7-15-10-16(33)11-18(21(15)17)23-22(28)24-19(12-29-23)25(31-26(30-24)34-3)32-9-5-6-14(2)13-32;1-11-7-9-5-4-8-3-2-6-10(8)9;1-2-6-4-3-5-6/h13-14,19,21-24,27H,6-12,15-18,20H2,1-5H3,(H,31,35,36);1,7-8,10-12,14,33H,5-6,9,13H2,2-3H3;8-9H,2-7H2,1H3;2H,3-5H2,1H3. The fraction of sp³-hybridized carbons (Fsp3) is 0.577. The molecule has 0 radical (unpaired) electrons. The fourth-order valence-electron chi connectivity index (χ4n) is 13.9. The van der Waals surface area contributed by atoms with Crippen molar-refractivity contribution >= 4 is 50.8 Å². The lowest BCUT2D eigenvalue weighted by atomic mass is 9.87. The van der Waals surface area contributed by atoms with Gasteiger partial charge in [0.1, 0.15) is 34.6 Å². The predicted octanol–water partition coefficient (Wildman–Crippen LogP) is 13.8. The number of phenols is 1. The number of pyridine rings is 1. The van der Waals surface area contributed by atoms with Crippen LogP contribution in [0.4, 0.5) is 14.6 Å². The quantitative estimate of drug-likeness (QED) is 0.0449. The number of nitrogens with one attached hydrogen (secondary N) is 1. The second kappa shape index (κ2) is 32.1. The van der Waals surface area contributed by atoms with Crippen LogP contribution in [0.15, 0.2) is 65.1 Å². The van der Waals surface area contributed by atoms with Gasteiger partial charge in [-0.15, -0.1) is 6.42 Å². The number of rotatable bonds is 19. The number of amides is 2. The number of aryl methyl sites for hydroxylation is 1. The smallest absolute Gasteiger partial charge is 0.329 e. The van der Waals surface area contributed by atoms with E-state index in [1.54, 1.807) is 21.8 Å². The number of halogens is 2. The first-order valence-electron chi connectivity index (χ1n) is 32.7. The van der Waals surface area contributed by atoms with E-state index in [0.29, 0.717) is 41.3 Å². The van der Waals surface area contributed by atoms with Gasteiger partial charge in [-0.05, 0) is 181 Å². The van der Waals surface area contributed by atoms with Crippen molar-refractivity contribution in [2.45, 2.75) is 181 Å². The Morgan fingerprint density at radius 3 is 2.32 bits per heavy atom. The summed E-state index contributed by atoms with van der Waals surface area (Å²) in [7, 11) is 5.00. The molecule has 88 heavy (non-hydrogen) atoms. The van der Waals surface area contributed by atoms with Crippen LogP contribution in [0.5, 0.6) is 11.8 Å². The van der Waals surface area contributed by atoms with Gasteiger partial charge in [-0.2, -0.15) is 9.97 Å². The summed E-state index contributed by atoms with van der Waals surface area (Å²) in [4.78, 5) is 57.2. The van der Waals surface area contributed by atoms with Crippen LogP contribution in [0, 0.1) is 41.7 Å². The first-order valence-corrected chi connectivity index (χ1v) is 32.7.